The number of fused-ring (bicyclic) bond motifs is 4. The Labute approximate surface area is 547 Å². The van der Waals surface area contributed by atoms with Gasteiger partial charge in [-0.3, -0.25) is 33.6 Å². The predicted octanol–water partition coefficient (Wildman–Crippen LogP) is -0.0726. The molecule has 0 bridgehead atoms. The highest BCUT2D eigenvalue weighted by molar-refractivity contribution is 5.91. The van der Waals surface area contributed by atoms with Gasteiger partial charge in [0, 0.05) is 54.1 Å². The lowest BCUT2D eigenvalue weighted by atomic mass is 9.97. The molecule has 7 amide bonds. The van der Waals surface area contributed by atoms with Crippen LogP contribution in [0.15, 0.2) is 0 Å². The van der Waals surface area contributed by atoms with E-state index in [4.69, 9.17) is 85.3 Å². The second kappa shape index (κ2) is 30.0. The summed E-state index contributed by atoms with van der Waals surface area (Å²) in [5.74, 6) is -8.93. The maximum atomic E-state index is 14.5. The van der Waals surface area contributed by atoms with E-state index in [-0.39, 0.29) is 12.8 Å². The van der Waals surface area contributed by atoms with E-state index in [0.29, 0.717) is 6.42 Å². The molecule has 0 aromatic carbocycles. The van der Waals surface area contributed by atoms with Gasteiger partial charge in [-0.2, -0.15) is 0 Å². The van der Waals surface area contributed by atoms with E-state index >= 15 is 0 Å². The van der Waals surface area contributed by atoms with Gasteiger partial charge in [0.25, 0.3) is 0 Å². The first-order chi connectivity index (χ1) is 43.9. The highest BCUT2D eigenvalue weighted by Crippen LogP contribution is 2.44. The summed E-state index contributed by atoms with van der Waals surface area (Å²) in [4.78, 5) is 111. The first-order valence-electron chi connectivity index (χ1n) is 31.9. The molecular weight excluding hydrogens is 1250 g/mol. The monoisotopic (exact) mass is 1350 g/mol. The normalized spacial score (nSPS) is 34.4. The third-order valence-corrected chi connectivity index (χ3v) is 17.1. The number of alkyl carbamates (subject to hydrolysis) is 1. The maximum Gasteiger partial charge on any atom is 0.407 e. The van der Waals surface area contributed by atoms with Gasteiger partial charge in [-0.1, -0.05) is 0 Å². The average molecular weight is 1350 g/mol. The summed E-state index contributed by atoms with van der Waals surface area (Å²) >= 11 is 0. The minimum absolute atomic E-state index is 0.0448. The van der Waals surface area contributed by atoms with Crippen molar-refractivity contribution < 1.29 is 124 Å². The van der Waals surface area contributed by atoms with Crippen molar-refractivity contribution >= 4 is 47.5 Å². The molecule has 0 aliphatic carbocycles. The van der Waals surface area contributed by atoms with Crippen LogP contribution in [0.4, 0.5) is 4.79 Å². The molecule has 8 heterocycles. The number of amides is 7. The van der Waals surface area contributed by atoms with Crippen molar-refractivity contribution in [3.8, 4) is 0 Å². The Morgan fingerprint density at radius 3 is 0.957 bits per heavy atom. The van der Waals surface area contributed by atoms with Crippen molar-refractivity contribution in [3.63, 3.8) is 0 Å². The molecule has 33 nitrogen and oxygen atoms in total. The number of hydrogen-bond acceptors (Lipinski definition) is 26. The van der Waals surface area contributed by atoms with Gasteiger partial charge in [0.05, 0.1) is 31.3 Å². The first-order valence-corrected chi connectivity index (χ1v) is 31.9. The number of rotatable bonds is 28. The third kappa shape index (κ3) is 18.2. The first kappa shape index (κ1) is 74.7. The Kier molecular flexibility index (Phi) is 23.8. The Balaban J connectivity index is 0.943. The van der Waals surface area contributed by atoms with E-state index in [0.717, 1.165) is 0 Å². The number of carbonyl (C=O) groups is 8. The molecule has 8 saturated heterocycles. The lowest BCUT2D eigenvalue weighted by molar-refractivity contribution is -0.220. The number of nitrogens with one attached hydrogen (secondary N) is 7. The Morgan fingerprint density at radius 1 is 0.404 bits per heavy atom. The van der Waals surface area contributed by atoms with Gasteiger partial charge in [0.2, 0.25) is 35.4 Å². The Hall–Kier alpha value is -5.08. The van der Waals surface area contributed by atoms with Crippen LogP contribution in [0.5, 0.6) is 0 Å². The molecule has 534 valence electrons. The van der Waals surface area contributed by atoms with Crippen molar-refractivity contribution in [3.05, 3.63) is 0 Å². The second-order valence-corrected chi connectivity index (χ2v) is 27.6. The summed E-state index contributed by atoms with van der Waals surface area (Å²) in [7, 11) is 6.99. The molecular formula is C61H99N7O26. The average Bonchev–Trinajstić information content (AvgIpc) is 1.64. The molecule has 94 heavy (non-hydrogen) atoms. The van der Waals surface area contributed by atoms with E-state index in [2.05, 4.69) is 37.2 Å². The van der Waals surface area contributed by atoms with Crippen LogP contribution < -0.4 is 37.2 Å². The van der Waals surface area contributed by atoms with Crippen LogP contribution in [-0.4, -0.2) is 253 Å². The fourth-order valence-electron chi connectivity index (χ4n) is 13.1. The summed E-state index contributed by atoms with van der Waals surface area (Å²) < 4.78 is 107. The molecule has 0 radical (unpaired) electrons. The van der Waals surface area contributed by atoms with Crippen LogP contribution >= 0.6 is 0 Å². The molecule has 0 aromatic heterocycles. The zero-order valence-corrected chi connectivity index (χ0v) is 57.1. The predicted molar refractivity (Wildman–Crippen MR) is 319 cm³/mol. The molecule has 8 aliphatic heterocycles. The zero-order chi connectivity index (χ0) is 69.3. The van der Waals surface area contributed by atoms with Crippen molar-refractivity contribution in [2.75, 3.05) is 35.5 Å². The summed E-state index contributed by atoms with van der Waals surface area (Å²) in [5.41, 5.74) is -0.908. The molecule has 23 atom stereocenters. The van der Waals surface area contributed by atoms with Gasteiger partial charge in [0.1, 0.15) is 97.0 Å². The highest BCUT2D eigenvalue weighted by atomic mass is 16.9. The maximum absolute atomic E-state index is 14.5. The highest BCUT2D eigenvalue weighted by Gasteiger charge is 2.61. The summed E-state index contributed by atoms with van der Waals surface area (Å²) in [5, 5.41) is 19.4. The summed E-state index contributed by atoms with van der Waals surface area (Å²) in [6, 6.07) is -8.12. The molecule has 0 spiro atoms. The van der Waals surface area contributed by atoms with E-state index in [1.807, 2.05) is 0 Å². The van der Waals surface area contributed by atoms with Gasteiger partial charge in [0.15, 0.2) is 48.3 Å². The molecule has 0 unspecified atom stereocenters. The van der Waals surface area contributed by atoms with Gasteiger partial charge in [-0.05, 0) is 110 Å². The van der Waals surface area contributed by atoms with Gasteiger partial charge >= 0.3 is 12.1 Å². The lowest BCUT2D eigenvalue weighted by Gasteiger charge is -2.33. The molecule has 8 fully saturated rings. The van der Waals surface area contributed by atoms with Gasteiger partial charge in [-0.25, -0.2) is 4.79 Å². The van der Waals surface area contributed by atoms with Crippen LogP contribution in [0.1, 0.15) is 135 Å². The van der Waals surface area contributed by atoms with Crippen LogP contribution in [0.3, 0.4) is 0 Å². The third-order valence-electron chi connectivity index (χ3n) is 17.1. The van der Waals surface area contributed by atoms with Gasteiger partial charge in [-0.15, -0.1) is 0 Å². The van der Waals surface area contributed by atoms with Crippen molar-refractivity contribution in [1.29, 1.82) is 0 Å². The van der Waals surface area contributed by atoms with Crippen LogP contribution in [0.25, 0.3) is 0 Å². The smallest absolute Gasteiger partial charge is 0.407 e. The van der Waals surface area contributed by atoms with Crippen LogP contribution in [-0.2, 0) is 119 Å². The SMILES string of the molecule is COC(=O)CCC[C@H](NC(=O)[C@H](C)NC(=O)C[C@H](NC(=O)[C@H](C)NC(=O)C[C@H](NC(=O)[C@H](C)NC(=O)C[C@H](NC(=O)OC(C)(C)C)[C@H]1O[C@@H]2OC(C)(C)O[C@@H]2[C@H]1OC)[C@H]1O[C@@H]2OC(C)(C)O[C@@H]2[C@H]1OC)[C@H]1O[C@@H]2OC(C)(C)O[C@@H]2[C@H]1OC)[C@H]1O[C@@H]2OC(C)(C)O[C@@H]2[C@H]1OC. The number of carbonyl (C=O) groups excluding carboxylic acids is 8. The fourth-order valence-corrected chi connectivity index (χ4v) is 13.1. The largest absolute Gasteiger partial charge is 0.469 e. The van der Waals surface area contributed by atoms with E-state index in [1.165, 1.54) is 56.3 Å². The molecule has 33 heteroatoms. The standard InChI is InChI=1S/C61H99N7O26/c1-26(49(73)65-29(21-20-22-36(72)77-15)37-41(78-16)45-52(82-37)90-58(7,8)86-45)62-33(69)23-30(38-42(79-17)46-53(83-38)91-59(9,10)87-46)66-50(74)27(2)63-34(70)24-31(39-43(80-18)47-54(84-39)92-60(11,12)88-47)67-51(75)28(3)64-35(71)25-32(68-56(76)94-57(4,5)6)40-44(81-19)48-55(85-40)93-61(13,14)89-48/h26-32,37-48,52-55H,20-25H2,1-19H3,(H,62,69)(H,63,70)(H,64,71)(H,65,73)(H,66,74)(H,67,75)(H,68,76)/t26-,27-,28-,29-,30-,31-,32-,37+,38+,39+,40+,41-,42-,43-,44-,45+,46+,47+,48+,52+,53+,54+,55+/m0/s1. The van der Waals surface area contributed by atoms with Crippen LogP contribution in [0.2, 0.25) is 0 Å². The Bertz CT molecular complexity index is 2720. The minimum atomic E-state index is -1.33. The van der Waals surface area contributed by atoms with Gasteiger partial charge < -0.3 is 122 Å². The lowest BCUT2D eigenvalue weighted by Crippen LogP contribution is -2.58. The molecule has 0 aromatic rings. The molecule has 7 N–H and O–H groups in total. The number of hydrogen-bond donors (Lipinski definition) is 7. The number of esters is 1. The minimum Gasteiger partial charge on any atom is -0.469 e. The molecule has 8 aliphatic rings. The fraction of sp³-hybridized carbons (Fsp3) is 0.869. The molecule has 0 saturated carbocycles. The van der Waals surface area contributed by atoms with Crippen LogP contribution in [0, 0.1) is 0 Å². The van der Waals surface area contributed by atoms with E-state index < -0.39 is 236 Å². The number of methoxy groups -OCH3 is 5. The van der Waals surface area contributed by atoms with Crippen molar-refractivity contribution in [2.45, 2.75) is 305 Å². The van der Waals surface area contributed by atoms with E-state index in [9.17, 15) is 38.4 Å². The zero-order valence-electron chi connectivity index (χ0n) is 57.1. The van der Waals surface area contributed by atoms with Crippen molar-refractivity contribution in [1.82, 2.24) is 37.2 Å². The second-order valence-electron chi connectivity index (χ2n) is 27.6. The number of ether oxygens (including phenoxy) is 18. The summed E-state index contributed by atoms with van der Waals surface area (Å²) in [6.07, 6.45) is -15.7. The van der Waals surface area contributed by atoms with Crippen molar-refractivity contribution in [2.24, 2.45) is 0 Å². The summed E-state index contributed by atoms with van der Waals surface area (Å²) in [6.45, 7) is 22.9. The quantitative estimate of drug-likeness (QED) is 0.0504. The Morgan fingerprint density at radius 2 is 0.681 bits per heavy atom. The van der Waals surface area contributed by atoms with E-state index in [1.54, 1.807) is 76.2 Å². The topological polar surface area (TPSA) is 387 Å². The molecule has 8 rings (SSSR count).